The first kappa shape index (κ1) is 20.4. The van der Waals surface area contributed by atoms with Gasteiger partial charge in [-0.3, -0.25) is 9.78 Å². The average Bonchev–Trinajstić information content (AvgIpc) is 3.05. The van der Waals surface area contributed by atoms with Crippen LogP contribution in [0.1, 0.15) is 37.0 Å². The van der Waals surface area contributed by atoms with Gasteiger partial charge in [-0.2, -0.15) is 9.29 Å². The molecule has 2 aromatic rings. The van der Waals surface area contributed by atoms with Gasteiger partial charge in [0.1, 0.15) is 0 Å². The highest BCUT2D eigenvalue weighted by atomic mass is 32.2. The molecule has 0 aliphatic carbocycles. The van der Waals surface area contributed by atoms with Crippen LogP contribution in [0.15, 0.2) is 29.0 Å². The number of carbonyl (C=O) groups is 1. The topological polar surface area (TPSA) is 110 Å². The van der Waals surface area contributed by atoms with Crippen LogP contribution in [0.25, 0.3) is 0 Å². The molecule has 1 aliphatic heterocycles. The van der Waals surface area contributed by atoms with Crippen molar-refractivity contribution in [3.63, 3.8) is 0 Å². The van der Waals surface area contributed by atoms with Gasteiger partial charge in [-0.05, 0) is 11.6 Å². The number of hydrogen-bond donors (Lipinski definition) is 0. The van der Waals surface area contributed by atoms with Crippen LogP contribution >= 0.6 is 0 Å². The van der Waals surface area contributed by atoms with Gasteiger partial charge >= 0.3 is 0 Å². The number of nitrogens with zero attached hydrogens (tertiary/aromatic N) is 5. The molecule has 1 saturated heterocycles. The summed E-state index contributed by atoms with van der Waals surface area (Å²) in [7, 11) is -3.41. The molecule has 10 heteroatoms. The Hall–Kier alpha value is -2.33. The van der Waals surface area contributed by atoms with Gasteiger partial charge in [0.15, 0.2) is 5.82 Å². The molecule has 0 saturated carbocycles. The Morgan fingerprint density at radius 3 is 2.71 bits per heavy atom. The molecule has 3 rings (SSSR count). The third kappa shape index (κ3) is 4.93. The van der Waals surface area contributed by atoms with Crippen molar-refractivity contribution in [2.75, 3.05) is 25.9 Å². The smallest absolute Gasteiger partial charge is 0.229 e. The largest absolute Gasteiger partial charge is 0.339 e. The Labute approximate surface area is 164 Å². The molecule has 0 unspecified atom stereocenters. The normalized spacial score (nSPS) is 15.2. The summed E-state index contributed by atoms with van der Waals surface area (Å²) in [5.41, 5.74) is 0.842. The second kappa shape index (κ2) is 8.36. The van der Waals surface area contributed by atoms with Crippen molar-refractivity contribution >= 4 is 15.9 Å². The maximum absolute atomic E-state index is 12.4. The van der Waals surface area contributed by atoms with Crippen LogP contribution in [0.3, 0.4) is 0 Å². The number of rotatable bonds is 8. The van der Waals surface area contributed by atoms with E-state index >= 15 is 0 Å². The lowest BCUT2D eigenvalue weighted by atomic mass is 10.1. The first-order chi connectivity index (χ1) is 13.2. The molecule has 9 nitrogen and oxygen atoms in total. The third-order valence-corrected chi connectivity index (χ3v) is 5.99. The minimum absolute atomic E-state index is 0.0301. The predicted octanol–water partition coefficient (Wildman–Crippen LogP) is 0.846. The molecule has 1 fully saturated rings. The number of aromatic nitrogens is 3. The third-order valence-electron chi connectivity index (χ3n) is 4.66. The molecule has 1 amide bonds. The van der Waals surface area contributed by atoms with Crippen molar-refractivity contribution in [1.29, 1.82) is 0 Å². The van der Waals surface area contributed by atoms with Gasteiger partial charge in [0.05, 0.1) is 18.7 Å². The first-order valence-corrected chi connectivity index (χ1v) is 11.0. The highest BCUT2D eigenvalue weighted by Crippen LogP contribution is 2.20. The average molecular weight is 407 g/mol. The van der Waals surface area contributed by atoms with E-state index in [1.165, 1.54) is 10.6 Å². The summed E-state index contributed by atoms with van der Waals surface area (Å²) in [6.45, 7) is 4.92. The van der Waals surface area contributed by atoms with Crippen LogP contribution in [0.4, 0.5) is 0 Å². The number of amides is 1. The number of sulfonamides is 1. The Balaban J connectivity index is 1.55. The quantitative estimate of drug-likeness (QED) is 0.638. The molecule has 0 radical (unpaired) electrons. The van der Waals surface area contributed by atoms with Crippen LogP contribution in [-0.4, -0.2) is 70.6 Å². The summed E-state index contributed by atoms with van der Waals surface area (Å²) >= 11 is 0. The zero-order chi connectivity index (χ0) is 20.3. The summed E-state index contributed by atoms with van der Waals surface area (Å²) in [5.74, 6) is 1.12. The van der Waals surface area contributed by atoms with Crippen LogP contribution < -0.4 is 0 Å². The second-order valence-corrected chi connectivity index (χ2v) is 9.25. The summed E-state index contributed by atoms with van der Waals surface area (Å²) in [6.07, 6.45) is 5.13. The first-order valence-electron chi connectivity index (χ1n) is 9.20. The Bertz CT molecular complexity index is 907. The molecule has 0 N–H and O–H groups in total. The molecule has 0 spiro atoms. The Morgan fingerprint density at radius 2 is 2.14 bits per heavy atom. The van der Waals surface area contributed by atoms with Crippen molar-refractivity contribution in [2.24, 2.45) is 0 Å². The van der Waals surface area contributed by atoms with Crippen LogP contribution in [-0.2, 0) is 27.7 Å². The summed E-state index contributed by atoms with van der Waals surface area (Å²) in [5, 5.41) is 3.91. The highest BCUT2D eigenvalue weighted by molar-refractivity contribution is 7.88. The second-order valence-electron chi connectivity index (χ2n) is 7.32. The number of carbonyl (C=O) groups excluding carboxylic acids is 1. The molecule has 152 valence electrons. The summed E-state index contributed by atoms with van der Waals surface area (Å²) < 4.78 is 31.0. The van der Waals surface area contributed by atoms with Gasteiger partial charge < -0.3 is 9.42 Å². The molecular formula is C18H25N5O4S. The number of likely N-dealkylation sites (tertiary alicyclic amines) is 1. The zero-order valence-corrected chi connectivity index (χ0v) is 17.1. The van der Waals surface area contributed by atoms with Gasteiger partial charge in [0.2, 0.25) is 21.8 Å². The molecule has 1 aliphatic rings. The van der Waals surface area contributed by atoms with E-state index in [1.54, 1.807) is 23.4 Å². The van der Waals surface area contributed by atoms with Gasteiger partial charge in [0.25, 0.3) is 0 Å². The lowest BCUT2D eigenvalue weighted by molar-refractivity contribution is -0.136. The van der Waals surface area contributed by atoms with Gasteiger partial charge in [0, 0.05) is 44.4 Å². The summed E-state index contributed by atoms with van der Waals surface area (Å²) in [4.78, 5) is 22.3. The van der Waals surface area contributed by atoms with Crippen LogP contribution in [0.5, 0.6) is 0 Å². The van der Waals surface area contributed by atoms with Gasteiger partial charge in [-0.1, -0.05) is 25.1 Å². The molecular weight excluding hydrogens is 382 g/mol. The van der Waals surface area contributed by atoms with E-state index in [0.717, 1.165) is 5.56 Å². The number of pyridine rings is 1. The summed E-state index contributed by atoms with van der Waals surface area (Å²) in [6, 6.07) is 3.40. The molecule has 0 atom stereocenters. The van der Waals surface area contributed by atoms with Crippen molar-refractivity contribution in [3.8, 4) is 0 Å². The molecule has 2 aromatic heterocycles. The van der Waals surface area contributed by atoms with E-state index in [0.29, 0.717) is 31.2 Å². The molecule has 0 bridgehead atoms. The Morgan fingerprint density at radius 1 is 1.39 bits per heavy atom. The van der Waals surface area contributed by atoms with Crippen molar-refractivity contribution < 1.29 is 17.7 Å². The Kier molecular flexibility index (Phi) is 6.09. The molecule has 28 heavy (non-hydrogen) atoms. The van der Waals surface area contributed by atoms with E-state index in [2.05, 4.69) is 15.1 Å². The zero-order valence-electron chi connectivity index (χ0n) is 16.3. The van der Waals surface area contributed by atoms with E-state index in [4.69, 9.17) is 4.52 Å². The van der Waals surface area contributed by atoms with E-state index < -0.39 is 10.0 Å². The lowest BCUT2D eigenvalue weighted by Gasteiger charge is -2.44. The SMILES string of the molecule is CC(C)c1nc(CCN(C2CN(C(=O)Cc3cccnc3)C2)S(C)(=O)=O)no1. The van der Waals surface area contributed by atoms with Crippen molar-refractivity contribution in [3.05, 3.63) is 41.8 Å². The van der Waals surface area contributed by atoms with E-state index in [1.807, 2.05) is 19.9 Å². The predicted molar refractivity (Wildman–Crippen MR) is 102 cm³/mol. The van der Waals surface area contributed by atoms with Gasteiger partial charge in [-0.25, -0.2) is 8.42 Å². The fourth-order valence-electron chi connectivity index (χ4n) is 3.06. The minimum Gasteiger partial charge on any atom is -0.339 e. The fourth-order valence-corrected chi connectivity index (χ4v) is 4.16. The van der Waals surface area contributed by atoms with Crippen molar-refractivity contribution in [1.82, 2.24) is 24.3 Å². The van der Waals surface area contributed by atoms with E-state index in [-0.39, 0.29) is 30.8 Å². The standard InChI is InChI=1S/C18H25N5O4S/c1-13(2)18-20-16(21-27-18)6-8-23(28(3,25)26)15-11-22(12-15)17(24)9-14-5-4-7-19-10-14/h4-5,7,10,13,15H,6,8-9,11-12H2,1-3H3. The van der Waals surface area contributed by atoms with Crippen LogP contribution in [0, 0.1) is 0 Å². The van der Waals surface area contributed by atoms with Gasteiger partial charge in [-0.15, -0.1) is 0 Å². The lowest BCUT2D eigenvalue weighted by Crippen LogP contribution is -2.62. The minimum atomic E-state index is -3.41. The van der Waals surface area contributed by atoms with Crippen molar-refractivity contribution in [2.45, 2.75) is 38.6 Å². The number of hydrogen-bond acceptors (Lipinski definition) is 7. The maximum Gasteiger partial charge on any atom is 0.229 e. The van der Waals surface area contributed by atoms with E-state index in [9.17, 15) is 13.2 Å². The molecule has 3 heterocycles. The van der Waals surface area contributed by atoms with Crippen LogP contribution in [0.2, 0.25) is 0 Å². The highest BCUT2D eigenvalue weighted by Gasteiger charge is 2.38. The molecule has 0 aromatic carbocycles. The fraction of sp³-hybridized carbons (Fsp3) is 0.556. The monoisotopic (exact) mass is 407 g/mol. The maximum atomic E-state index is 12.4.